The molecule has 122 valence electrons. The van der Waals surface area contributed by atoms with Gasteiger partial charge in [0.05, 0.1) is 17.4 Å². The van der Waals surface area contributed by atoms with Crippen molar-refractivity contribution in [2.24, 2.45) is 0 Å². The fraction of sp³-hybridized carbons (Fsp3) is 0.556. The van der Waals surface area contributed by atoms with Crippen molar-refractivity contribution in [1.29, 1.82) is 0 Å². The molecule has 2 aliphatic rings. The third-order valence-corrected chi connectivity index (χ3v) is 4.95. The predicted octanol–water partition coefficient (Wildman–Crippen LogP) is 2.24. The zero-order valence-corrected chi connectivity index (χ0v) is 13.9. The number of aryl methyl sites for hydroxylation is 1. The van der Waals surface area contributed by atoms with E-state index in [4.69, 9.17) is 0 Å². The van der Waals surface area contributed by atoms with Crippen LogP contribution in [0.5, 0.6) is 0 Å². The Kier molecular flexibility index (Phi) is 4.14. The molecule has 0 aromatic carbocycles. The second-order valence-corrected chi connectivity index (χ2v) is 6.87. The van der Waals surface area contributed by atoms with Gasteiger partial charge < -0.3 is 4.90 Å². The molecule has 4 rings (SSSR count). The standard InChI is InChI=1S/C18H25N5/c1-15-5-4-6-16(20-15)11-22-12-17-7-8-19-23(17)18(14-22)13-21-9-2-3-10-21/h4-8,18H,2-3,9-14H2,1H3/t18-/m1/s1. The van der Waals surface area contributed by atoms with Gasteiger partial charge in [-0.25, -0.2) is 0 Å². The molecule has 23 heavy (non-hydrogen) atoms. The molecule has 5 heteroatoms. The first-order valence-corrected chi connectivity index (χ1v) is 8.67. The molecule has 2 aliphatic heterocycles. The van der Waals surface area contributed by atoms with Crippen molar-refractivity contribution in [3.05, 3.63) is 47.5 Å². The maximum atomic E-state index is 4.66. The lowest BCUT2D eigenvalue weighted by atomic mass is 10.1. The van der Waals surface area contributed by atoms with E-state index >= 15 is 0 Å². The zero-order chi connectivity index (χ0) is 15.6. The Morgan fingerprint density at radius 1 is 1.13 bits per heavy atom. The van der Waals surface area contributed by atoms with Gasteiger partial charge in [-0.3, -0.25) is 14.6 Å². The third-order valence-electron chi connectivity index (χ3n) is 4.95. The maximum Gasteiger partial charge on any atom is 0.0776 e. The molecule has 0 radical (unpaired) electrons. The zero-order valence-electron chi connectivity index (χ0n) is 13.9. The molecule has 5 nitrogen and oxygen atoms in total. The molecule has 1 fully saturated rings. The van der Waals surface area contributed by atoms with Crippen LogP contribution < -0.4 is 0 Å². The van der Waals surface area contributed by atoms with E-state index in [1.807, 2.05) is 6.20 Å². The summed E-state index contributed by atoms with van der Waals surface area (Å²) in [4.78, 5) is 9.77. The average Bonchev–Trinajstić information content (AvgIpc) is 3.18. The Labute approximate surface area is 137 Å². The lowest BCUT2D eigenvalue weighted by Crippen LogP contribution is -2.42. The summed E-state index contributed by atoms with van der Waals surface area (Å²) in [6, 6.07) is 8.91. The summed E-state index contributed by atoms with van der Waals surface area (Å²) in [5, 5.41) is 4.58. The normalized spacial score (nSPS) is 22.4. The van der Waals surface area contributed by atoms with E-state index in [0.29, 0.717) is 6.04 Å². The van der Waals surface area contributed by atoms with Crippen LogP contribution in [0.4, 0.5) is 0 Å². The fourth-order valence-corrected chi connectivity index (χ4v) is 3.90. The van der Waals surface area contributed by atoms with Gasteiger partial charge in [0.25, 0.3) is 0 Å². The van der Waals surface area contributed by atoms with Gasteiger partial charge in [-0.1, -0.05) is 6.07 Å². The van der Waals surface area contributed by atoms with E-state index in [-0.39, 0.29) is 0 Å². The Morgan fingerprint density at radius 2 is 2.00 bits per heavy atom. The molecule has 0 unspecified atom stereocenters. The minimum absolute atomic E-state index is 0.455. The summed E-state index contributed by atoms with van der Waals surface area (Å²) in [7, 11) is 0. The number of fused-ring (bicyclic) bond motifs is 1. The van der Waals surface area contributed by atoms with Crippen LogP contribution in [0.2, 0.25) is 0 Å². The average molecular weight is 311 g/mol. The smallest absolute Gasteiger partial charge is 0.0776 e. The van der Waals surface area contributed by atoms with Crippen molar-refractivity contribution in [3.63, 3.8) is 0 Å². The SMILES string of the molecule is Cc1cccc(CN2Cc3ccnn3[C@H](CN3CCCC3)C2)n1. The van der Waals surface area contributed by atoms with Crippen LogP contribution in [0.25, 0.3) is 0 Å². The molecular weight excluding hydrogens is 286 g/mol. The van der Waals surface area contributed by atoms with Gasteiger partial charge in [0.1, 0.15) is 0 Å². The van der Waals surface area contributed by atoms with Crippen LogP contribution in [0.1, 0.15) is 36.0 Å². The van der Waals surface area contributed by atoms with E-state index in [1.54, 1.807) is 0 Å². The highest BCUT2D eigenvalue weighted by molar-refractivity contribution is 5.11. The third kappa shape index (κ3) is 3.31. The minimum Gasteiger partial charge on any atom is -0.301 e. The van der Waals surface area contributed by atoms with Crippen LogP contribution in [-0.2, 0) is 13.1 Å². The van der Waals surface area contributed by atoms with Crippen LogP contribution in [0, 0.1) is 6.92 Å². The second kappa shape index (κ2) is 6.42. The van der Waals surface area contributed by atoms with Gasteiger partial charge >= 0.3 is 0 Å². The summed E-state index contributed by atoms with van der Waals surface area (Å²) in [5.74, 6) is 0. The first-order valence-electron chi connectivity index (χ1n) is 8.67. The number of hydrogen-bond acceptors (Lipinski definition) is 4. The Hall–Kier alpha value is -1.72. The maximum absolute atomic E-state index is 4.66. The quantitative estimate of drug-likeness (QED) is 0.868. The van der Waals surface area contributed by atoms with Gasteiger partial charge in [0.2, 0.25) is 0 Å². The fourth-order valence-electron chi connectivity index (χ4n) is 3.90. The van der Waals surface area contributed by atoms with E-state index in [0.717, 1.165) is 37.6 Å². The summed E-state index contributed by atoms with van der Waals surface area (Å²) in [6.07, 6.45) is 4.63. The molecule has 0 amide bonds. The largest absolute Gasteiger partial charge is 0.301 e. The van der Waals surface area contributed by atoms with Crippen LogP contribution in [0.15, 0.2) is 30.5 Å². The van der Waals surface area contributed by atoms with Gasteiger partial charge in [-0.05, 0) is 51.1 Å². The van der Waals surface area contributed by atoms with Crippen molar-refractivity contribution in [2.75, 3.05) is 26.2 Å². The minimum atomic E-state index is 0.455. The first kappa shape index (κ1) is 14.8. The highest BCUT2D eigenvalue weighted by atomic mass is 15.4. The van der Waals surface area contributed by atoms with Crippen molar-refractivity contribution >= 4 is 0 Å². The van der Waals surface area contributed by atoms with Gasteiger partial charge in [-0.2, -0.15) is 5.10 Å². The van der Waals surface area contributed by atoms with Crippen molar-refractivity contribution in [1.82, 2.24) is 24.6 Å². The summed E-state index contributed by atoms with van der Waals surface area (Å²) in [6.45, 7) is 8.60. The summed E-state index contributed by atoms with van der Waals surface area (Å²) < 4.78 is 2.25. The number of likely N-dealkylation sites (tertiary alicyclic amines) is 1. The lowest BCUT2D eigenvalue weighted by molar-refractivity contribution is 0.137. The molecule has 1 saturated heterocycles. The molecule has 4 heterocycles. The molecule has 2 aromatic rings. The Balaban J connectivity index is 1.49. The van der Waals surface area contributed by atoms with Gasteiger partial charge in [0, 0.05) is 38.1 Å². The van der Waals surface area contributed by atoms with Gasteiger partial charge in [0.15, 0.2) is 0 Å². The number of hydrogen-bond donors (Lipinski definition) is 0. The molecule has 0 saturated carbocycles. The Morgan fingerprint density at radius 3 is 2.83 bits per heavy atom. The van der Waals surface area contributed by atoms with E-state index in [2.05, 4.69) is 55.8 Å². The number of pyridine rings is 1. The molecular formula is C18H25N5. The molecule has 0 bridgehead atoms. The summed E-state index contributed by atoms with van der Waals surface area (Å²) in [5.41, 5.74) is 3.59. The van der Waals surface area contributed by atoms with Crippen LogP contribution >= 0.6 is 0 Å². The van der Waals surface area contributed by atoms with Gasteiger partial charge in [-0.15, -0.1) is 0 Å². The molecule has 0 spiro atoms. The lowest BCUT2D eigenvalue weighted by Gasteiger charge is -2.35. The van der Waals surface area contributed by atoms with Crippen LogP contribution in [0.3, 0.4) is 0 Å². The Bertz CT molecular complexity index is 659. The molecule has 2 aromatic heterocycles. The van der Waals surface area contributed by atoms with E-state index < -0.39 is 0 Å². The van der Waals surface area contributed by atoms with Crippen molar-refractivity contribution < 1.29 is 0 Å². The van der Waals surface area contributed by atoms with Crippen molar-refractivity contribution in [2.45, 2.75) is 38.9 Å². The van der Waals surface area contributed by atoms with E-state index in [1.165, 1.54) is 31.6 Å². The molecule has 0 aliphatic carbocycles. The molecule has 1 atom stereocenters. The van der Waals surface area contributed by atoms with Crippen LogP contribution in [-0.4, -0.2) is 50.7 Å². The number of aromatic nitrogens is 3. The number of nitrogens with zero attached hydrogens (tertiary/aromatic N) is 5. The number of rotatable bonds is 4. The van der Waals surface area contributed by atoms with E-state index in [9.17, 15) is 0 Å². The molecule has 0 N–H and O–H groups in total. The predicted molar refractivity (Wildman–Crippen MR) is 90.0 cm³/mol. The highest BCUT2D eigenvalue weighted by Gasteiger charge is 2.28. The topological polar surface area (TPSA) is 37.2 Å². The summed E-state index contributed by atoms with van der Waals surface area (Å²) >= 11 is 0. The monoisotopic (exact) mass is 311 g/mol. The highest BCUT2D eigenvalue weighted by Crippen LogP contribution is 2.23. The first-order chi connectivity index (χ1) is 11.3. The second-order valence-electron chi connectivity index (χ2n) is 6.87. The van der Waals surface area contributed by atoms with Crippen molar-refractivity contribution in [3.8, 4) is 0 Å².